The Morgan fingerprint density at radius 2 is 1.70 bits per heavy atom. The molecule has 0 aromatic heterocycles. The third-order valence-corrected chi connectivity index (χ3v) is 6.73. The standard InChI is InChI=1S/C21H23N3O3/c22-19(25)18-16-15(17-14-9-5-4-6-12(14)10-11-23(17)18)20(26)24(21(16)27)13-7-2-1-3-8-13/h4-6,9-11,13,15-18H,1-3,7-8H2,(H2,22,25)/t15-,16+,17-,18+/m0/s1. The van der Waals surface area contributed by atoms with E-state index in [-0.39, 0.29) is 23.9 Å². The molecule has 1 aromatic rings. The van der Waals surface area contributed by atoms with Gasteiger partial charge in [0.15, 0.2) is 0 Å². The third kappa shape index (κ3) is 2.22. The van der Waals surface area contributed by atoms with Crippen molar-refractivity contribution in [2.75, 3.05) is 0 Å². The molecule has 0 bridgehead atoms. The molecule has 2 N–H and O–H groups in total. The Kier molecular flexibility index (Phi) is 3.64. The zero-order valence-electron chi connectivity index (χ0n) is 15.1. The second-order valence-corrected chi connectivity index (χ2v) is 8.07. The van der Waals surface area contributed by atoms with Gasteiger partial charge in [0.1, 0.15) is 6.04 Å². The van der Waals surface area contributed by atoms with Gasteiger partial charge < -0.3 is 10.6 Å². The molecule has 1 saturated carbocycles. The molecule has 0 radical (unpaired) electrons. The van der Waals surface area contributed by atoms with Gasteiger partial charge in [0.2, 0.25) is 17.7 Å². The number of amides is 3. The maximum Gasteiger partial charge on any atom is 0.240 e. The highest BCUT2D eigenvalue weighted by atomic mass is 16.2. The van der Waals surface area contributed by atoms with Crippen molar-refractivity contribution in [2.45, 2.75) is 50.2 Å². The van der Waals surface area contributed by atoms with E-state index in [2.05, 4.69) is 0 Å². The van der Waals surface area contributed by atoms with Crippen molar-refractivity contribution in [3.8, 4) is 0 Å². The maximum atomic E-state index is 13.4. The fourth-order valence-electron chi connectivity index (χ4n) is 5.60. The molecule has 0 unspecified atom stereocenters. The van der Waals surface area contributed by atoms with Crippen LogP contribution in [0.5, 0.6) is 0 Å². The van der Waals surface area contributed by atoms with Gasteiger partial charge in [-0.25, -0.2) is 0 Å². The van der Waals surface area contributed by atoms with E-state index >= 15 is 0 Å². The minimum absolute atomic E-state index is 0.0271. The molecule has 2 saturated heterocycles. The topological polar surface area (TPSA) is 83.7 Å². The minimum Gasteiger partial charge on any atom is -0.368 e. The van der Waals surface area contributed by atoms with Gasteiger partial charge in [-0.05, 0) is 30.0 Å². The van der Waals surface area contributed by atoms with Crippen LogP contribution in [0.2, 0.25) is 0 Å². The predicted octanol–water partition coefficient (Wildman–Crippen LogP) is 1.82. The van der Waals surface area contributed by atoms with Crippen LogP contribution in [0.3, 0.4) is 0 Å². The van der Waals surface area contributed by atoms with Gasteiger partial charge in [0.25, 0.3) is 0 Å². The van der Waals surface area contributed by atoms with Crippen LogP contribution in [-0.2, 0) is 14.4 Å². The number of rotatable bonds is 2. The van der Waals surface area contributed by atoms with Crippen molar-refractivity contribution in [3.63, 3.8) is 0 Å². The zero-order valence-corrected chi connectivity index (χ0v) is 15.1. The van der Waals surface area contributed by atoms with E-state index < -0.39 is 23.8 Å². The van der Waals surface area contributed by atoms with Crippen LogP contribution in [0.25, 0.3) is 6.08 Å². The van der Waals surface area contributed by atoms with Crippen molar-refractivity contribution in [2.24, 2.45) is 17.6 Å². The van der Waals surface area contributed by atoms with Gasteiger partial charge in [0, 0.05) is 12.2 Å². The normalized spacial score (nSPS) is 32.4. The molecule has 140 valence electrons. The number of imide groups is 1. The third-order valence-electron chi connectivity index (χ3n) is 6.73. The summed E-state index contributed by atoms with van der Waals surface area (Å²) in [5.41, 5.74) is 7.73. The Morgan fingerprint density at radius 1 is 1.00 bits per heavy atom. The Morgan fingerprint density at radius 3 is 2.44 bits per heavy atom. The van der Waals surface area contributed by atoms with E-state index in [4.69, 9.17) is 5.73 Å². The fourth-order valence-corrected chi connectivity index (χ4v) is 5.60. The summed E-state index contributed by atoms with van der Waals surface area (Å²) in [5, 5.41) is 0. The lowest BCUT2D eigenvalue weighted by molar-refractivity contribution is -0.146. The van der Waals surface area contributed by atoms with Crippen LogP contribution >= 0.6 is 0 Å². The molecule has 6 heteroatoms. The van der Waals surface area contributed by atoms with E-state index in [0.717, 1.165) is 43.2 Å². The highest BCUT2D eigenvalue weighted by Crippen LogP contribution is 2.53. The number of nitrogens with two attached hydrogens (primary N) is 1. The van der Waals surface area contributed by atoms with Gasteiger partial charge in [-0.15, -0.1) is 0 Å². The van der Waals surface area contributed by atoms with Crippen molar-refractivity contribution < 1.29 is 14.4 Å². The molecule has 6 nitrogen and oxygen atoms in total. The average Bonchev–Trinajstić information content (AvgIpc) is 3.16. The second-order valence-electron chi connectivity index (χ2n) is 8.07. The van der Waals surface area contributed by atoms with E-state index in [1.165, 1.54) is 4.90 Å². The van der Waals surface area contributed by atoms with Gasteiger partial charge in [-0.3, -0.25) is 19.3 Å². The molecule has 5 rings (SSSR count). The van der Waals surface area contributed by atoms with Gasteiger partial charge >= 0.3 is 0 Å². The summed E-state index contributed by atoms with van der Waals surface area (Å²) >= 11 is 0. The highest BCUT2D eigenvalue weighted by molar-refractivity contribution is 6.09. The van der Waals surface area contributed by atoms with Crippen LogP contribution in [0.1, 0.15) is 49.3 Å². The molecule has 4 aliphatic rings. The fraction of sp³-hybridized carbons (Fsp3) is 0.476. The van der Waals surface area contributed by atoms with E-state index in [0.29, 0.717) is 0 Å². The minimum atomic E-state index is -0.769. The summed E-state index contributed by atoms with van der Waals surface area (Å²) in [6, 6.07) is 6.76. The number of hydrogen-bond acceptors (Lipinski definition) is 4. The van der Waals surface area contributed by atoms with Gasteiger partial charge in [0.05, 0.1) is 17.9 Å². The highest BCUT2D eigenvalue weighted by Gasteiger charge is 2.64. The SMILES string of the molecule is NC(=O)[C@H]1[C@@H]2C(=O)N(C3CCCCC3)C(=O)[C@@H]2[C@@H]2c3ccccc3C=CN12. The lowest BCUT2D eigenvalue weighted by atomic mass is 9.84. The summed E-state index contributed by atoms with van der Waals surface area (Å²) in [6.45, 7) is 0. The predicted molar refractivity (Wildman–Crippen MR) is 98.7 cm³/mol. The van der Waals surface area contributed by atoms with E-state index in [1.54, 1.807) is 0 Å². The smallest absolute Gasteiger partial charge is 0.240 e. The number of benzene rings is 1. The lowest BCUT2D eigenvalue weighted by Gasteiger charge is -2.36. The molecule has 3 fully saturated rings. The molecule has 3 heterocycles. The van der Waals surface area contributed by atoms with Gasteiger partial charge in [-0.2, -0.15) is 0 Å². The number of carbonyl (C=O) groups is 3. The van der Waals surface area contributed by atoms with Crippen LogP contribution < -0.4 is 5.73 Å². The Balaban J connectivity index is 1.60. The number of likely N-dealkylation sites (tertiary alicyclic amines) is 1. The molecular formula is C21H23N3O3. The lowest BCUT2D eigenvalue weighted by Crippen LogP contribution is -2.49. The molecule has 27 heavy (non-hydrogen) atoms. The first-order valence-electron chi connectivity index (χ1n) is 9.80. The quantitative estimate of drug-likeness (QED) is 0.810. The summed E-state index contributed by atoms with van der Waals surface area (Å²) < 4.78 is 0. The number of fused-ring (bicyclic) bond motifs is 5. The van der Waals surface area contributed by atoms with Crippen molar-refractivity contribution >= 4 is 23.8 Å². The molecular weight excluding hydrogens is 342 g/mol. The first kappa shape index (κ1) is 16.5. The molecule has 3 amide bonds. The Labute approximate surface area is 158 Å². The van der Waals surface area contributed by atoms with Crippen LogP contribution in [0.15, 0.2) is 30.5 Å². The first-order chi connectivity index (χ1) is 13.1. The van der Waals surface area contributed by atoms with Crippen LogP contribution in [-0.4, -0.2) is 39.6 Å². The molecule has 0 spiro atoms. The van der Waals surface area contributed by atoms with Crippen molar-refractivity contribution in [1.29, 1.82) is 0 Å². The van der Waals surface area contributed by atoms with E-state index in [9.17, 15) is 14.4 Å². The monoisotopic (exact) mass is 365 g/mol. The number of carbonyl (C=O) groups excluding carboxylic acids is 3. The van der Waals surface area contributed by atoms with E-state index in [1.807, 2.05) is 41.4 Å². The van der Waals surface area contributed by atoms with Crippen LogP contribution in [0, 0.1) is 11.8 Å². The number of hydrogen-bond donors (Lipinski definition) is 1. The summed E-state index contributed by atoms with van der Waals surface area (Å²) in [7, 11) is 0. The maximum absolute atomic E-state index is 13.4. The first-order valence-corrected chi connectivity index (χ1v) is 9.80. The zero-order chi connectivity index (χ0) is 18.7. The second kappa shape index (κ2) is 5.94. The molecule has 1 aromatic carbocycles. The largest absolute Gasteiger partial charge is 0.368 e. The Hall–Kier alpha value is -2.63. The van der Waals surface area contributed by atoms with Crippen molar-refractivity contribution in [3.05, 3.63) is 41.6 Å². The average molecular weight is 365 g/mol. The summed E-state index contributed by atoms with van der Waals surface area (Å²) in [4.78, 5) is 42.4. The molecule has 4 atom stereocenters. The summed E-state index contributed by atoms with van der Waals surface area (Å²) in [5.74, 6) is -2.09. The van der Waals surface area contributed by atoms with Crippen molar-refractivity contribution in [1.82, 2.24) is 9.80 Å². The summed E-state index contributed by atoms with van der Waals surface area (Å²) in [6.07, 6.45) is 8.71. The molecule has 3 aliphatic heterocycles. The molecule has 1 aliphatic carbocycles. The Bertz CT molecular complexity index is 858. The van der Waals surface area contributed by atoms with Gasteiger partial charge in [-0.1, -0.05) is 43.5 Å². The number of primary amides is 1. The number of nitrogens with zero attached hydrogens (tertiary/aromatic N) is 2. The van der Waals surface area contributed by atoms with Crippen LogP contribution in [0.4, 0.5) is 0 Å².